The maximum Gasteiger partial charge on any atom is 0.183 e. The van der Waals surface area contributed by atoms with Gasteiger partial charge < -0.3 is 15.0 Å². The number of rotatable bonds is 8. The number of ether oxygens (including phenoxy) is 1. The van der Waals surface area contributed by atoms with E-state index in [1.54, 1.807) is 18.4 Å². The monoisotopic (exact) mass is 367 g/mol. The van der Waals surface area contributed by atoms with Gasteiger partial charge in [0.2, 0.25) is 0 Å². The van der Waals surface area contributed by atoms with Crippen LogP contribution in [-0.2, 0) is 6.54 Å². The Morgan fingerprint density at radius 2 is 1.69 bits per heavy atom. The molecular formula is C21H25N3OS. The number of aromatic nitrogens is 1. The van der Waals surface area contributed by atoms with Crippen molar-refractivity contribution in [2.75, 3.05) is 30.4 Å². The molecule has 136 valence electrons. The highest BCUT2D eigenvalue weighted by Gasteiger charge is 2.06. The zero-order valence-electron chi connectivity index (χ0n) is 15.5. The molecule has 0 aliphatic rings. The molecule has 3 rings (SSSR count). The summed E-state index contributed by atoms with van der Waals surface area (Å²) in [6.45, 7) is 7.15. The highest BCUT2D eigenvalue weighted by Crippen LogP contribution is 2.27. The summed E-state index contributed by atoms with van der Waals surface area (Å²) < 4.78 is 5.19. The molecule has 0 aliphatic heterocycles. The molecule has 2 aromatic carbocycles. The summed E-state index contributed by atoms with van der Waals surface area (Å²) in [7, 11) is 1.68. The Bertz CT molecular complexity index is 808. The van der Waals surface area contributed by atoms with Gasteiger partial charge in [-0.15, -0.1) is 11.3 Å². The molecule has 0 amide bonds. The minimum atomic E-state index is 0.748. The fourth-order valence-electron chi connectivity index (χ4n) is 2.84. The summed E-state index contributed by atoms with van der Waals surface area (Å²) in [6.07, 6.45) is 0. The van der Waals surface area contributed by atoms with Gasteiger partial charge in [-0.25, -0.2) is 4.98 Å². The van der Waals surface area contributed by atoms with E-state index in [1.165, 1.54) is 11.3 Å². The molecule has 26 heavy (non-hydrogen) atoms. The zero-order valence-corrected chi connectivity index (χ0v) is 16.3. The second kappa shape index (κ2) is 8.72. The summed E-state index contributed by atoms with van der Waals surface area (Å²) in [6, 6.07) is 16.7. The van der Waals surface area contributed by atoms with Gasteiger partial charge in [-0.1, -0.05) is 24.3 Å². The molecule has 0 atom stereocenters. The summed E-state index contributed by atoms with van der Waals surface area (Å²) in [5.41, 5.74) is 4.62. The average molecular weight is 368 g/mol. The molecule has 5 heteroatoms. The minimum Gasteiger partial charge on any atom is -0.497 e. The van der Waals surface area contributed by atoms with Gasteiger partial charge in [0, 0.05) is 36.3 Å². The lowest BCUT2D eigenvalue weighted by molar-refractivity contribution is 0.414. The standard InChI is InChI=1S/C21H25N3OS/c1-4-24(5-2)18-10-8-17(9-11-18)20-15-26-21(23-20)22-14-16-6-12-19(25-3)13-7-16/h6-13,15H,4-5,14H2,1-3H3,(H,22,23). The first-order valence-corrected chi connectivity index (χ1v) is 9.79. The number of benzene rings is 2. The fourth-order valence-corrected chi connectivity index (χ4v) is 3.56. The Balaban J connectivity index is 1.63. The third-order valence-electron chi connectivity index (χ3n) is 4.40. The van der Waals surface area contributed by atoms with E-state index in [9.17, 15) is 0 Å². The molecule has 1 N–H and O–H groups in total. The molecule has 0 saturated heterocycles. The van der Waals surface area contributed by atoms with Crippen molar-refractivity contribution in [1.29, 1.82) is 0 Å². The van der Waals surface area contributed by atoms with E-state index >= 15 is 0 Å². The van der Waals surface area contributed by atoms with Gasteiger partial charge in [-0.05, 0) is 43.7 Å². The molecule has 4 nitrogen and oxygen atoms in total. The lowest BCUT2D eigenvalue weighted by Crippen LogP contribution is -2.21. The van der Waals surface area contributed by atoms with Crippen molar-refractivity contribution in [2.24, 2.45) is 0 Å². The van der Waals surface area contributed by atoms with Crippen LogP contribution in [0, 0.1) is 0 Å². The van der Waals surface area contributed by atoms with E-state index in [-0.39, 0.29) is 0 Å². The van der Waals surface area contributed by atoms with E-state index in [0.717, 1.165) is 41.8 Å². The molecule has 1 heterocycles. The Kier molecular flexibility index (Phi) is 6.12. The van der Waals surface area contributed by atoms with Gasteiger partial charge in [0.05, 0.1) is 12.8 Å². The molecule has 0 bridgehead atoms. The Labute approximate surface area is 159 Å². The first-order valence-electron chi connectivity index (χ1n) is 8.91. The Hall–Kier alpha value is -2.53. The molecule has 0 fully saturated rings. The highest BCUT2D eigenvalue weighted by molar-refractivity contribution is 7.14. The maximum absolute atomic E-state index is 5.19. The van der Waals surface area contributed by atoms with Crippen LogP contribution in [0.1, 0.15) is 19.4 Å². The number of hydrogen-bond donors (Lipinski definition) is 1. The highest BCUT2D eigenvalue weighted by atomic mass is 32.1. The number of anilines is 2. The van der Waals surface area contributed by atoms with Gasteiger partial charge >= 0.3 is 0 Å². The largest absolute Gasteiger partial charge is 0.497 e. The number of thiazole rings is 1. The third-order valence-corrected chi connectivity index (χ3v) is 5.20. The van der Waals surface area contributed by atoms with Gasteiger partial charge in [0.15, 0.2) is 5.13 Å². The zero-order chi connectivity index (χ0) is 18.4. The van der Waals surface area contributed by atoms with Crippen LogP contribution in [0.4, 0.5) is 10.8 Å². The van der Waals surface area contributed by atoms with Crippen molar-refractivity contribution in [1.82, 2.24) is 4.98 Å². The summed E-state index contributed by atoms with van der Waals surface area (Å²) in [4.78, 5) is 7.05. The maximum atomic E-state index is 5.19. The van der Waals surface area contributed by atoms with Crippen LogP contribution >= 0.6 is 11.3 Å². The van der Waals surface area contributed by atoms with Crippen LogP contribution in [0.2, 0.25) is 0 Å². The van der Waals surface area contributed by atoms with Crippen molar-refractivity contribution in [3.8, 4) is 17.0 Å². The van der Waals surface area contributed by atoms with Gasteiger partial charge in [-0.2, -0.15) is 0 Å². The van der Waals surface area contributed by atoms with Crippen LogP contribution in [0.15, 0.2) is 53.9 Å². The quantitative estimate of drug-likeness (QED) is 0.588. The first-order chi connectivity index (χ1) is 12.7. The molecule has 3 aromatic rings. The molecular weight excluding hydrogens is 342 g/mol. The van der Waals surface area contributed by atoms with Gasteiger partial charge in [0.25, 0.3) is 0 Å². The number of hydrogen-bond acceptors (Lipinski definition) is 5. The minimum absolute atomic E-state index is 0.748. The van der Waals surface area contributed by atoms with Crippen LogP contribution in [-0.4, -0.2) is 25.2 Å². The van der Waals surface area contributed by atoms with Gasteiger partial charge in [-0.3, -0.25) is 0 Å². The van der Waals surface area contributed by atoms with E-state index < -0.39 is 0 Å². The predicted molar refractivity (Wildman–Crippen MR) is 111 cm³/mol. The van der Waals surface area contributed by atoms with Crippen molar-refractivity contribution < 1.29 is 4.74 Å². The van der Waals surface area contributed by atoms with Crippen molar-refractivity contribution in [3.05, 3.63) is 59.5 Å². The topological polar surface area (TPSA) is 37.4 Å². The summed E-state index contributed by atoms with van der Waals surface area (Å²) in [5, 5.41) is 6.43. The molecule has 0 unspecified atom stereocenters. The predicted octanol–water partition coefficient (Wildman–Crippen LogP) is 5.28. The van der Waals surface area contributed by atoms with Crippen LogP contribution < -0.4 is 15.0 Å². The summed E-state index contributed by atoms with van der Waals surface area (Å²) in [5.74, 6) is 0.874. The molecule has 0 radical (unpaired) electrons. The third kappa shape index (κ3) is 4.35. The van der Waals surface area contributed by atoms with Crippen molar-refractivity contribution >= 4 is 22.2 Å². The van der Waals surface area contributed by atoms with Crippen molar-refractivity contribution in [2.45, 2.75) is 20.4 Å². The number of nitrogens with zero attached hydrogens (tertiary/aromatic N) is 2. The van der Waals surface area contributed by atoms with Crippen LogP contribution in [0.3, 0.4) is 0 Å². The Morgan fingerprint density at radius 1 is 1.00 bits per heavy atom. The molecule has 1 aromatic heterocycles. The molecule has 0 aliphatic carbocycles. The van der Waals surface area contributed by atoms with E-state index in [1.807, 2.05) is 12.1 Å². The van der Waals surface area contributed by atoms with E-state index in [0.29, 0.717) is 0 Å². The lowest BCUT2D eigenvalue weighted by Gasteiger charge is -2.20. The summed E-state index contributed by atoms with van der Waals surface area (Å²) >= 11 is 1.63. The normalized spacial score (nSPS) is 10.6. The fraction of sp³-hybridized carbons (Fsp3) is 0.286. The Morgan fingerprint density at radius 3 is 2.31 bits per heavy atom. The second-order valence-electron chi connectivity index (χ2n) is 5.96. The first kappa shape index (κ1) is 18.3. The van der Waals surface area contributed by atoms with Crippen molar-refractivity contribution in [3.63, 3.8) is 0 Å². The SMILES string of the molecule is CCN(CC)c1ccc(-c2csc(NCc3ccc(OC)cc3)n2)cc1. The molecule has 0 spiro atoms. The average Bonchev–Trinajstić information content (AvgIpc) is 3.17. The van der Waals surface area contributed by atoms with E-state index in [4.69, 9.17) is 9.72 Å². The smallest absolute Gasteiger partial charge is 0.183 e. The van der Waals surface area contributed by atoms with Crippen LogP contribution in [0.5, 0.6) is 5.75 Å². The van der Waals surface area contributed by atoms with Crippen LogP contribution in [0.25, 0.3) is 11.3 Å². The van der Waals surface area contributed by atoms with E-state index in [2.05, 4.69) is 65.8 Å². The molecule has 0 saturated carbocycles. The van der Waals surface area contributed by atoms with Gasteiger partial charge in [0.1, 0.15) is 5.75 Å². The lowest BCUT2D eigenvalue weighted by atomic mass is 10.1. The second-order valence-corrected chi connectivity index (χ2v) is 6.82. The number of nitrogens with one attached hydrogen (secondary N) is 1. The number of methoxy groups -OCH3 is 1.